The van der Waals surface area contributed by atoms with E-state index in [0.29, 0.717) is 40.9 Å². The molecule has 1 aromatic rings. The van der Waals surface area contributed by atoms with Crippen molar-refractivity contribution < 1.29 is 19.0 Å². The Bertz CT molecular complexity index is 668. The molecule has 0 aromatic heterocycles. The van der Waals surface area contributed by atoms with Gasteiger partial charge in [-0.05, 0) is 51.7 Å². The van der Waals surface area contributed by atoms with Crippen molar-refractivity contribution in [3.63, 3.8) is 0 Å². The van der Waals surface area contributed by atoms with E-state index in [2.05, 4.69) is 18.7 Å². The molecule has 1 aromatic carbocycles. The minimum atomic E-state index is -0.00277. The molecule has 2 heterocycles. The Hall–Kier alpha value is -1.95. The Morgan fingerprint density at radius 1 is 0.963 bits per heavy atom. The SMILES string of the molecule is COc1ccc(C(=O)N2CCC[C@H](N3[C@H](C)CC[C@@H]3C)C2)c(OC)c1OC. The van der Waals surface area contributed by atoms with Crippen LogP contribution in [0.2, 0.25) is 0 Å². The largest absolute Gasteiger partial charge is 0.493 e. The van der Waals surface area contributed by atoms with Crippen LogP contribution < -0.4 is 14.2 Å². The lowest BCUT2D eigenvalue weighted by molar-refractivity contribution is 0.0484. The first-order valence-electron chi connectivity index (χ1n) is 9.87. The molecular formula is C21H32N2O4. The monoisotopic (exact) mass is 376 g/mol. The first-order chi connectivity index (χ1) is 13.0. The zero-order chi connectivity index (χ0) is 19.6. The van der Waals surface area contributed by atoms with E-state index in [9.17, 15) is 4.79 Å². The molecule has 6 heteroatoms. The smallest absolute Gasteiger partial charge is 0.257 e. The fourth-order valence-electron chi connectivity index (χ4n) is 4.76. The molecule has 0 radical (unpaired) electrons. The quantitative estimate of drug-likeness (QED) is 0.790. The summed E-state index contributed by atoms with van der Waals surface area (Å²) < 4.78 is 16.3. The van der Waals surface area contributed by atoms with Crippen LogP contribution in [0.15, 0.2) is 12.1 Å². The van der Waals surface area contributed by atoms with Gasteiger partial charge < -0.3 is 19.1 Å². The van der Waals surface area contributed by atoms with Gasteiger partial charge >= 0.3 is 0 Å². The summed E-state index contributed by atoms with van der Waals surface area (Å²) in [6.07, 6.45) is 4.67. The van der Waals surface area contributed by atoms with Gasteiger partial charge in [-0.2, -0.15) is 0 Å². The highest BCUT2D eigenvalue weighted by molar-refractivity contribution is 5.98. The molecule has 0 N–H and O–H groups in total. The average Bonchev–Trinajstić information content (AvgIpc) is 3.04. The highest BCUT2D eigenvalue weighted by Crippen LogP contribution is 2.40. The third-order valence-corrected chi connectivity index (χ3v) is 6.06. The number of carbonyl (C=O) groups is 1. The summed E-state index contributed by atoms with van der Waals surface area (Å²) in [5.74, 6) is 1.45. The van der Waals surface area contributed by atoms with Crippen molar-refractivity contribution in [1.82, 2.24) is 9.80 Å². The molecule has 0 saturated carbocycles. The molecule has 2 saturated heterocycles. The fraction of sp³-hybridized carbons (Fsp3) is 0.667. The van der Waals surface area contributed by atoms with Crippen LogP contribution in [0.1, 0.15) is 49.9 Å². The number of rotatable bonds is 5. The lowest BCUT2D eigenvalue weighted by Crippen LogP contribution is -2.52. The van der Waals surface area contributed by atoms with Crippen LogP contribution in [-0.2, 0) is 0 Å². The lowest BCUT2D eigenvalue weighted by atomic mass is 10.0. The third-order valence-electron chi connectivity index (χ3n) is 6.06. The van der Waals surface area contributed by atoms with Crippen molar-refractivity contribution in [2.45, 2.75) is 57.7 Å². The lowest BCUT2D eigenvalue weighted by Gasteiger charge is -2.41. The van der Waals surface area contributed by atoms with E-state index >= 15 is 0 Å². The van der Waals surface area contributed by atoms with Gasteiger partial charge in [0.2, 0.25) is 5.75 Å². The van der Waals surface area contributed by atoms with Gasteiger partial charge in [-0.25, -0.2) is 0 Å². The number of nitrogens with zero attached hydrogens (tertiary/aromatic N) is 2. The van der Waals surface area contributed by atoms with Crippen LogP contribution in [0, 0.1) is 0 Å². The second-order valence-corrected chi connectivity index (χ2v) is 7.65. The molecule has 1 amide bonds. The Morgan fingerprint density at radius 3 is 2.22 bits per heavy atom. The van der Waals surface area contributed by atoms with E-state index in [1.54, 1.807) is 33.5 Å². The van der Waals surface area contributed by atoms with Gasteiger partial charge in [-0.15, -0.1) is 0 Å². The van der Waals surface area contributed by atoms with Crippen LogP contribution in [0.25, 0.3) is 0 Å². The number of likely N-dealkylation sites (tertiary alicyclic amines) is 2. The van der Waals surface area contributed by atoms with Crippen LogP contribution in [0.5, 0.6) is 17.2 Å². The highest BCUT2D eigenvalue weighted by Gasteiger charge is 2.37. The predicted octanol–water partition coefficient (Wildman–Crippen LogP) is 3.19. The molecule has 6 nitrogen and oxygen atoms in total. The van der Waals surface area contributed by atoms with E-state index in [-0.39, 0.29) is 5.91 Å². The molecule has 2 aliphatic heterocycles. The Morgan fingerprint density at radius 2 is 1.63 bits per heavy atom. The van der Waals surface area contributed by atoms with Gasteiger partial charge in [0.05, 0.1) is 26.9 Å². The first kappa shape index (κ1) is 19.8. The molecule has 150 valence electrons. The molecule has 3 rings (SSSR count). The molecule has 0 bridgehead atoms. The van der Waals surface area contributed by atoms with Crippen molar-refractivity contribution in [3.05, 3.63) is 17.7 Å². The first-order valence-corrected chi connectivity index (χ1v) is 9.87. The van der Waals surface area contributed by atoms with E-state index in [1.165, 1.54) is 12.8 Å². The standard InChI is InChI=1S/C21H32N2O4/c1-14-8-9-15(2)23(14)16-7-6-12-22(13-16)21(24)17-10-11-18(25-3)20(27-5)19(17)26-4/h10-11,14-16H,6-9,12-13H2,1-5H3/t14-,15+,16-/m0/s1. The van der Waals surface area contributed by atoms with Crippen LogP contribution in [-0.4, -0.2) is 68.3 Å². The maximum atomic E-state index is 13.3. The number of amides is 1. The molecule has 0 aliphatic carbocycles. The van der Waals surface area contributed by atoms with Gasteiger partial charge in [-0.3, -0.25) is 9.69 Å². The second-order valence-electron chi connectivity index (χ2n) is 7.65. The number of carbonyl (C=O) groups excluding carboxylic acids is 1. The van der Waals surface area contributed by atoms with E-state index in [1.807, 2.05) is 4.90 Å². The number of hydrogen-bond acceptors (Lipinski definition) is 5. The van der Waals surface area contributed by atoms with E-state index in [0.717, 1.165) is 25.9 Å². The van der Waals surface area contributed by atoms with Gasteiger partial charge in [0.25, 0.3) is 5.91 Å². The summed E-state index contributed by atoms with van der Waals surface area (Å²) >= 11 is 0. The normalized spacial score (nSPS) is 26.1. The van der Waals surface area contributed by atoms with Crippen molar-refractivity contribution >= 4 is 5.91 Å². The number of benzene rings is 1. The summed E-state index contributed by atoms with van der Waals surface area (Å²) in [5, 5.41) is 0. The highest BCUT2D eigenvalue weighted by atomic mass is 16.5. The maximum Gasteiger partial charge on any atom is 0.257 e. The summed E-state index contributed by atoms with van der Waals surface area (Å²) in [5.41, 5.74) is 0.526. The van der Waals surface area contributed by atoms with Crippen molar-refractivity contribution in [1.29, 1.82) is 0 Å². The van der Waals surface area contributed by atoms with E-state index in [4.69, 9.17) is 14.2 Å². The van der Waals surface area contributed by atoms with Crippen molar-refractivity contribution in [3.8, 4) is 17.2 Å². The summed E-state index contributed by atoms with van der Waals surface area (Å²) in [6, 6.07) is 5.15. The maximum absolute atomic E-state index is 13.3. The molecule has 3 atom stereocenters. The molecule has 2 fully saturated rings. The van der Waals surface area contributed by atoms with E-state index < -0.39 is 0 Å². The zero-order valence-corrected chi connectivity index (χ0v) is 17.2. The summed E-state index contributed by atoms with van der Waals surface area (Å²) in [7, 11) is 4.69. The molecule has 27 heavy (non-hydrogen) atoms. The Kier molecular flexibility index (Phi) is 6.15. The minimum absolute atomic E-state index is 0.00277. The third kappa shape index (κ3) is 3.72. The van der Waals surface area contributed by atoms with Crippen molar-refractivity contribution in [2.75, 3.05) is 34.4 Å². The Balaban J connectivity index is 1.83. The van der Waals surface area contributed by atoms with Crippen LogP contribution in [0.4, 0.5) is 0 Å². The summed E-state index contributed by atoms with van der Waals surface area (Å²) in [4.78, 5) is 17.9. The number of piperidine rings is 1. The summed E-state index contributed by atoms with van der Waals surface area (Å²) in [6.45, 7) is 6.16. The second kappa shape index (κ2) is 8.38. The zero-order valence-electron chi connectivity index (χ0n) is 17.2. The van der Waals surface area contributed by atoms with Crippen LogP contribution in [0.3, 0.4) is 0 Å². The van der Waals surface area contributed by atoms with Gasteiger partial charge in [0.15, 0.2) is 11.5 Å². The molecular weight excluding hydrogens is 344 g/mol. The fourth-order valence-corrected chi connectivity index (χ4v) is 4.76. The molecule has 0 unspecified atom stereocenters. The predicted molar refractivity (Wildman–Crippen MR) is 105 cm³/mol. The number of methoxy groups -OCH3 is 3. The number of ether oxygens (including phenoxy) is 3. The average molecular weight is 376 g/mol. The van der Waals surface area contributed by atoms with Crippen molar-refractivity contribution in [2.24, 2.45) is 0 Å². The molecule has 2 aliphatic rings. The molecule has 0 spiro atoms. The topological polar surface area (TPSA) is 51.2 Å². The number of hydrogen-bond donors (Lipinski definition) is 0. The Labute approximate surface area is 162 Å². The van der Waals surface area contributed by atoms with Gasteiger partial charge in [-0.1, -0.05) is 0 Å². The van der Waals surface area contributed by atoms with Gasteiger partial charge in [0, 0.05) is 31.2 Å². The minimum Gasteiger partial charge on any atom is -0.493 e. The van der Waals surface area contributed by atoms with Crippen LogP contribution >= 0.6 is 0 Å². The van der Waals surface area contributed by atoms with Gasteiger partial charge in [0.1, 0.15) is 0 Å².